The van der Waals surface area contributed by atoms with E-state index in [9.17, 15) is 24.3 Å². The SMILES string of the molecule is Cc1c(-c2cc(N3C(=O)C4CC5C(=CCC6C(=O)N(C(C)(C)C)C(=O)C65)C(c5ccc(O)cc5Cl)C4(C)C3=O)n(C)n2)sc2ccc(Cl)cc12. The fourth-order valence-electron chi connectivity index (χ4n) is 9.20. The Balaban J connectivity index is 1.26. The van der Waals surface area contributed by atoms with Crippen LogP contribution in [0.5, 0.6) is 5.75 Å². The molecule has 2 aliphatic heterocycles. The minimum Gasteiger partial charge on any atom is -0.508 e. The number of thiophene rings is 1. The lowest BCUT2D eigenvalue weighted by Crippen LogP contribution is -2.49. The molecule has 9 nitrogen and oxygen atoms in total. The van der Waals surface area contributed by atoms with Gasteiger partial charge in [-0.15, -0.1) is 11.3 Å². The molecule has 12 heteroatoms. The van der Waals surface area contributed by atoms with Crippen molar-refractivity contribution >= 4 is 74.1 Å². The standard InChI is InChI=1S/C38H36Cl2N4O5S/c1-17-23-13-18(39)7-12-28(23)50-32(17)27-16-29(42(6)41-27)43-34(47)25-15-24-20(10-11-22-30(24)35(48)44(33(22)46)37(2,3)4)31(38(25,5)36(43)49)21-9-8-19(45)14-26(21)40/h7-10,12-14,16,22,24-25,30-31,45H,11,15H2,1-6H3. The molecular formula is C38H36Cl2N4O5S. The highest BCUT2D eigenvalue weighted by Gasteiger charge is 2.68. The number of hydrogen-bond donors (Lipinski definition) is 1. The summed E-state index contributed by atoms with van der Waals surface area (Å²) in [6.07, 6.45) is 2.57. The predicted octanol–water partition coefficient (Wildman–Crippen LogP) is 7.65. The zero-order valence-corrected chi connectivity index (χ0v) is 30.8. The summed E-state index contributed by atoms with van der Waals surface area (Å²) in [6.45, 7) is 9.36. The van der Waals surface area contributed by atoms with Crippen molar-refractivity contribution < 1.29 is 24.3 Å². The molecule has 4 amide bonds. The van der Waals surface area contributed by atoms with Gasteiger partial charge < -0.3 is 5.11 Å². The van der Waals surface area contributed by atoms with E-state index in [1.165, 1.54) is 21.9 Å². The second-order valence-electron chi connectivity index (χ2n) is 15.3. The van der Waals surface area contributed by atoms with Crippen LogP contribution in [-0.2, 0) is 26.2 Å². The Labute approximate surface area is 303 Å². The Morgan fingerprint density at radius 3 is 2.42 bits per heavy atom. The van der Waals surface area contributed by atoms with E-state index in [0.717, 1.165) is 26.1 Å². The van der Waals surface area contributed by atoms with E-state index in [-0.39, 0.29) is 40.8 Å². The lowest BCUT2D eigenvalue weighted by molar-refractivity contribution is -0.145. The maximum Gasteiger partial charge on any atom is 0.242 e. The molecule has 6 atom stereocenters. The average Bonchev–Trinajstić information content (AvgIpc) is 3.71. The first kappa shape index (κ1) is 33.2. The third-order valence-electron chi connectivity index (χ3n) is 11.5. The van der Waals surface area contributed by atoms with Crippen molar-refractivity contribution in [2.45, 2.75) is 58.9 Å². The van der Waals surface area contributed by atoms with Crippen LogP contribution >= 0.6 is 34.5 Å². The van der Waals surface area contributed by atoms with Gasteiger partial charge in [0.25, 0.3) is 0 Å². The summed E-state index contributed by atoms with van der Waals surface area (Å²) in [5, 5.41) is 17.0. The number of amides is 4. The maximum absolute atomic E-state index is 15.0. The Kier molecular flexibility index (Phi) is 7.30. The number of phenols is 1. The molecule has 2 aromatic carbocycles. The first-order valence-electron chi connectivity index (χ1n) is 16.7. The van der Waals surface area contributed by atoms with Gasteiger partial charge in [-0.1, -0.05) is 40.9 Å². The van der Waals surface area contributed by atoms with Crippen LogP contribution in [0.4, 0.5) is 5.82 Å². The molecule has 0 spiro atoms. The Morgan fingerprint density at radius 2 is 1.72 bits per heavy atom. The number of aromatic hydroxyl groups is 1. The van der Waals surface area contributed by atoms with Crippen LogP contribution < -0.4 is 4.90 Å². The first-order chi connectivity index (χ1) is 23.5. The fourth-order valence-corrected chi connectivity index (χ4v) is 10.8. The average molecular weight is 732 g/mol. The van der Waals surface area contributed by atoms with Gasteiger partial charge in [0.2, 0.25) is 23.6 Å². The molecule has 50 heavy (non-hydrogen) atoms. The van der Waals surface area contributed by atoms with Gasteiger partial charge in [-0.25, -0.2) is 4.90 Å². The van der Waals surface area contributed by atoms with E-state index in [1.54, 1.807) is 35.2 Å². The smallest absolute Gasteiger partial charge is 0.242 e. The van der Waals surface area contributed by atoms with E-state index in [2.05, 4.69) is 0 Å². The number of allylic oxidation sites excluding steroid dienone is 2. The molecule has 3 fully saturated rings. The highest BCUT2D eigenvalue weighted by atomic mass is 35.5. The molecule has 8 rings (SSSR count). The van der Waals surface area contributed by atoms with E-state index in [0.29, 0.717) is 28.5 Å². The number of aryl methyl sites for hydroxylation is 2. The normalized spacial score (nSPS) is 28.0. The van der Waals surface area contributed by atoms with E-state index >= 15 is 0 Å². The molecule has 2 aromatic heterocycles. The van der Waals surface area contributed by atoms with E-state index in [4.69, 9.17) is 28.3 Å². The van der Waals surface area contributed by atoms with Crippen molar-refractivity contribution in [3.05, 3.63) is 75.3 Å². The van der Waals surface area contributed by atoms with Crippen LogP contribution in [0, 0.1) is 36.0 Å². The summed E-state index contributed by atoms with van der Waals surface area (Å²) in [5.74, 6) is -4.06. The van der Waals surface area contributed by atoms with Crippen LogP contribution in [0.1, 0.15) is 57.6 Å². The number of imide groups is 2. The second-order valence-corrected chi connectivity index (χ2v) is 17.2. The minimum atomic E-state index is -1.28. The minimum absolute atomic E-state index is 0.0282. The number of aromatic nitrogens is 2. The fraction of sp³-hybridized carbons (Fsp3) is 0.395. The number of carbonyl (C=O) groups is 4. The van der Waals surface area contributed by atoms with Crippen LogP contribution in [0.25, 0.3) is 20.7 Å². The molecule has 2 aliphatic carbocycles. The van der Waals surface area contributed by atoms with Gasteiger partial charge in [-0.2, -0.15) is 5.10 Å². The number of halogens is 2. The van der Waals surface area contributed by atoms with E-state index in [1.807, 2.05) is 58.9 Å². The molecular weight excluding hydrogens is 695 g/mol. The number of benzene rings is 2. The second kappa shape index (κ2) is 11.0. The zero-order valence-electron chi connectivity index (χ0n) is 28.5. The first-order valence-corrected chi connectivity index (χ1v) is 18.3. The van der Waals surface area contributed by atoms with Gasteiger partial charge in [-0.05, 0) is 100 Å². The van der Waals surface area contributed by atoms with Gasteiger partial charge in [0.05, 0.1) is 28.0 Å². The van der Waals surface area contributed by atoms with Crippen molar-refractivity contribution in [1.82, 2.24) is 14.7 Å². The highest BCUT2D eigenvalue weighted by molar-refractivity contribution is 7.22. The van der Waals surface area contributed by atoms with Gasteiger partial charge in [0.15, 0.2) is 0 Å². The number of likely N-dealkylation sites (tertiary alicyclic amines) is 1. The summed E-state index contributed by atoms with van der Waals surface area (Å²) >= 11 is 14.7. The lowest BCUT2D eigenvalue weighted by Gasteiger charge is -2.49. The summed E-state index contributed by atoms with van der Waals surface area (Å²) in [4.78, 5) is 61.1. The molecule has 0 bridgehead atoms. The Hall–Kier alpha value is -3.99. The van der Waals surface area contributed by atoms with Crippen molar-refractivity contribution in [2.24, 2.45) is 36.1 Å². The van der Waals surface area contributed by atoms with Gasteiger partial charge >= 0.3 is 0 Å². The molecule has 2 saturated heterocycles. The lowest BCUT2D eigenvalue weighted by atomic mass is 9.51. The van der Waals surface area contributed by atoms with Crippen molar-refractivity contribution in [2.75, 3.05) is 4.90 Å². The number of hydrogen-bond acceptors (Lipinski definition) is 7. The Bertz CT molecular complexity index is 2230. The molecule has 1 saturated carbocycles. The topological polar surface area (TPSA) is 113 Å². The van der Waals surface area contributed by atoms with Crippen molar-refractivity contribution in [3.63, 3.8) is 0 Å². The van der Waals surface area contributed by atoms with Crippen LogP contribution in [0.2, 0.25) is 10.0 Å². The molecule has 1 N–H and O–H groups in total. The summed E-state index contributed by atoms with van der Waals surface area (Å²) < 4.78 is 2.61. The maximum atomic E-state index is 15.0. The number of rotatable bonds is 3. The predicted molar refractivity (Wildman–Crippen MR) is 193 cm³/mol. The number of carbonyl (C=O) groups excluding carboxylic acids is 4. The highest BCUT2D eigenvalue weighted by Crippen LogP contribution is 2.64. The molecule has 4 aromatic rings. The van der Waals surface area contributed by atoms with Gasteiger partial charge in [-0.3, -0.25) is 28.8 Å². The van der Waals surface area contributed by atoms with Crippen molar-refractivity contribution in [3.8, 4) is 16.3 Å². The van der Waals surface area contributed by atoms with Crippen LogP contribution in [0.15, 0.2) is 54.1 Å². The molecule has 4 aliphatic rings. The summed E-state index contributed by atoms with van der Waals surface area (Å²) in [5.41, 5.74) is 1.07. The van der Waals surface area contributed by atoms with E-state index < -0.39 is 40.5 Å². The third kappa shape index (κ3) is 4.47. The largest absolute Gasteiger partial charge is 0.508 e. The zero-order chi connectivity index (χ0) is 35.8. The number of nitrogens with zero attached hydrogens (tertiary/aromatic N) is 4. The van der Waals surface area contributed by atoms with Crippen LogP contribution in [-0.4, -0.2) is 49.0 Å². The molecule has 4 heterocycles. The third-order valence-corrected chi connectivity index (χ3v) is 13.3. The molecule has 6 unspecified atom stereocenters. The van der Waals surface area contributed by atoms with Gasteiger partial charge in [0.1, 0.15) is 17.3 Å². The summed E-state index contributed by atoms with van der Waals surface area (Å²) in [6, 6.07) is 12.2. The number of phenolic OH excluding ortho intramolecular Hbond substituents is 1. The summed E-state index contributed by atoms with van der Waals surface area (Å²) in [7, 11) is 1.72. The molecule has 0 radical (unpaired) electrons. The Morgan fingerprint density at radius 1 is 0.980 bits per heavy atom. The van der Waals surface area contributed by atoms with Gasteiger partial charge in [0, 0.05) is 39.3 Å². The number of fused-ring (bicyclic) bond motifs is 5. The molecule has 258 valence electrons. The quantitative estimate of drug-likeness (QED) is 0.171. The number of anilines is 1. The monoisotopic (exact) mass is 730 g/mol. The van der Waals surface area contributed by atoms with Crippen molar-refractivity contribution in [1.29, 1.82) is 0 Å². The van der Waals surface area contributed by atoms with Crippen LogP contribution in [0.3, 0.4) is 0 Å².